The van der Waals surface area contributed by atoms with Crippen molar-refractivity contribution in [2.75, 3.05) is 13.7 Å². The largest absolute Gasteiger partial charge is 0.441 e. The van der Waals surface area contributed by atoms with Gasteiger partial charge in [-0.1, -0.05) is 43.6 Å². The molecule has 0 N–H and O–H groups in total. The minimum Gasteiger partial charge on any atom is -0.441 e. The lowest BCUT2D eigenvalue weighted by Crippen LogP contribution is -2.60. The lowest BCUT2D eigenvalue weighted by atomic mass is 9.66. The van der Waals surface area contributed by atoms with Crippen molar-refractivity contribution in [1.29, 1.82) is 0 Å². The van der Waals surface area contributed by atoms with Gasteiger partial charge < -0.3 is 4.74 Å². The molecule has 2 aromatic rings. The molecule has 1 saturated heterocycles. The first kappa shape index (κ1) is 21.8. The average molecular weight is 417 g/mol. The van der Waals surface area contributed by atoms with Gasteiger partial charge in [0, 0.05) is 42.4 Å². The lowest BCUT2D eigenvalue weighted by Gasteiger charge is -2.51. The van der Waals surface area contributed by atoms with Crippen LogP contribution in [0.5, 0.6) is 0 Å². The van der Waals surface area contributed by atoms with E-state index in [1.54, 1.807) is 7.11 Å². The van der Waals surface area contributed by atoms with Crippen molar-refractivity contribution in [3.63, 3.8) is 0 Å². The summed E-state index contributed by atoms with van der Waals surface area (Å²) in [6.07, 6.45) is 4.89. The molecule has 1 fully saturated rings. The number of hydroxylamine groups is 2. The lowest BCUT2D eigenvalue weighted by molar-refractivity contribution is -0.308. The van der Waals surface area contributed by atoms with Crippen molar-refractivity contribution < 1.29 is 14.4 Å². The maximum absolute atomic E-state index is 12.5. The Hall–Kier alpha value is -1.95. The van der Waals surface area contributed by atoms with E-state index in [0.717, 1.165) is 24.1 Å². The quantitative estimate of drug-likeness (QED) is 0.586. The van der Waals surface area contributed by atoms with Gasteiger partial charge in [0.05, 0.1) is 12.8 Å². The molecule has 2 atom stereocenters. The number of hydrogen-bond acceptors (Lipinski definition) is 5. The molecule has 156 valence electrons. The molecule has 2 heterocycles. The Balaban J connectivity index is 2.11. The standard InChI is InChI=1S/C23H29ClN2O3/c1-4-8-21(27)29-23(5-2)17-22(14-16-26(23)28-3,20-9-6-7-15-25-20)18-10-12-19(24)13-11-18/h6-7,9-13,15H,4-5,8,14,16-17H2,1-3H3/t22?,23-/m1/s1. The monoisotopic (exact) mass is 416 g/mol. The fourth-order valence-corrected chi connectivity index (χ4v) is 4.48. The van der Waals surface area contributed by atoms with E-state index in [4.69, 9.17) is 26.2 Å². The van der Waals surface area contributed by atoms with Gasteiger partial charge in [0.25, 0.3) is 0 Å². The maximum atomic E-state index is 12.5. The zero-order valence-electron chi connectivity index (χ0n) is 17.4. The number of pyridine rings is 1. The Morgan fingerprint density at radius 3 is 2.55 bits per heavy atom. The average Bonchev–Trinajstić information content (AvgIpc) is 2.75. The van der Waals surface area contributed by atoms with Gasteiger partial charge in [-0.3, -0.25) is 14.6 Å². The van der Waals surface area contributed by atoms with Crippen molar-refractivity contribution in [2.24, 2.45) is 0 Å². The summed E-state index contributed by atoms with van der Waals surface area (Å²) in [5, 5.41) is 2.51. The number of nitrogens with zero attached hydrogens (tertiary/aromatic N) is 2. The number of benzene rings is 1. The van der Waals surface area contributed by atoms with E-state index in [9.17, 15) is 4.79 Å². The summed E-state index contributed by atoms with van der Waals surface area (Å²) >= 11 is 6.16. The molecule has 1 aromatic heterocycles. The predicted octanol–water partition coefficient (Wildman–Crippen LogP) is 5.13. The van der Waals surface area contributed by atoms with Crippen LogP contribution in [0.3, 0.4) is 0 Å². The summed E-state index contributed by atoms with van der Waals surface area (Å²) in [5.74, 6) is -0.204. The molecule has 0 spiro atoms. The van der Waals surface area contributed by atoms with Crippen molar-refractivity contribution in [2.45, 2.75) is 57.1 Å². The van der Waals surface area contributed by atoms with E-state index in [0.29, 0.717) is 30.8 Å². The topological polar surface area (TPSA) is 51.7 Å². The third kappa shape index (κ3) is 4.32. The van der Waals surface area contributed by atoms with Gasteiger partial charge in [-0.2, -0.15) is 0 Å². The third-order valence-corrected chi connectivity index (χ3v) is 6.11. The first-order valence-corrected chi connectivity index (χ1v) is 10.6. The minimum atomic E-state index is -0.865. The molecule has 1 aliphatic heterocycles. The first-order chi connectivity index (χ1) is 14.0. The minimum absolute atomic E-state index is 0.204. The molecule has 3 rings (SSSR count). The number of piperidine rings is 1. The number of esters is 1. The molecule has 1 unspecified atom stereocenters. The van der Waals surface area contributed by atoms with Crippen LogP contribution in [-0.4, -0.2) is 35.4 Å². The Labute approximate surface area is 177 Å². The highest BCUT2D eigenvalue weighted by atomic mass is 35.5. The molecular weight excluding hydrogens is 388 g/mol. The van der Waals surface area contributed by atoms with E-state index < -0.39 is 11.1 Å². The second kappa shape index (κ2) is 9.24. The number of rotatable bonds is 7. The number of aromatic nitrogens is 1. The molecule has 0 aliphatic carbocycles. The second-order valence-corrected chi connectivity index (χ2v) is 7.98. The third-order valence-electron chi connectivity index (χ3n) is 5.86. The normalized spacial score (nSPS) is 25.0. The number of hydrogen-bond donors (Lipinski definition) is 0. The van der Waals surface area contributed by atoms with E-state index in [2.05, 4.69) is 0 Å². The van der Waals surface area contributed by atoms with Gasteiger partial charge in [-0.05, 0) is 42.7 Å². The van der Waals surface area contributed by atoms with Crippen LogP contribution in [-0.2, 0) is 19.8 Å². The molecule has 29 heavy (non-hydrogen) atoms. The van der Waals surface area contributed by atoms with Crippen LogP contribution in [0.15, 0.2) is 48.7 Å². The van der Waals surface area contributed by atoms with Crippen LogP contribution in [0, 0.1) is 0 Å². The number of halogens is 1. The van der Waals surface area contributed by atoms with E-state index in [1.807, 2.05) is 67.6 Å². The van der Waals surface area contributed by atoms with Gasteiger partial charge >= 0.3 is 5.97 Å². The summed E-state index contributed by atoms with van der Waals surface area (Å²) in [6.45, 7) is 4.62. The van der Waals surface area contributed by atoms with E-state index >= 15 is 0 Å². The molecule has 0 amide bonds. The molecular formula is C23H29ClN2O3. The Kier molecular flexibility index (Phi) is 6.93. The molecule has 1 aliphatic rings. The van der Waals surface area contributed by atoms with E-state index in [1.165, 1.54) is 0 Å². The van der Waals surface area contributed by atoms with Crippen LogP contribution in [0.4, 0.5) is 0 Å². The van der Waals surface area contributed by atoms with Gasteiger partial charge in [0.1, 0.15) is 0 Å². The highest BCUT2D eigenvalue weighted by molar-refractivity contribution is 6.30. The summed E-state index contributed by atoms with van der Waals surface area (Å²) in [7, 11) is 1.63. The molecule has 1 aromatic carbocycles. The number of carbonyl (C=O) groups is 1. The number of ether oxygens (including phenoxy) is 1. The first-order valence-electron chi connectivity index (χ1n) is 10.2. The fraction of sp³-hybridized carbons (Fsp3) is 0.478. The zero-order valence-corrected chi connectivity index (χ0v) is 18.1. The van der Waals surface area contributed by atoms with E-state index in [-0.39, 0.29) is 5.97 Å². The summed E-state index contributed by atoms with van der Waals surface area (Å²) in [5.41, 5.74) is 0.794. The zero-order chi connectivity index (χ0) is 20.9. The van der Waals surface area contributed by atoms with Crippen LogP contribution in [0.2, 0.25) is 5.02 Å². The molecule has 0 radical (unpaired) electrons. The Morgan fingerprint density at radius 1 is 1.21 bits per heavy atom. The fourth-order valence-electron chi connectivity index (χ4n) is 4.36. The number of carbonyl (C=O) groups excluding carboxylic acids is 1. The van der Waals surface area contributed by atoms with Crippen molar-refractivity contribution >= 4 is 17.6 Å². The maximum Gasteiger partial charge on any atom is 0.307 e. The Morgan fingerprint density at radius 2 is 1.97 bits per heavy atom. The van der Waals surface area contributed by atoms with Crippen LogP contribution in [0.25, 0.3) is 0 Å². The van der Waals surface area contributed by atoms with Crippen LogP contribution >= 0.6 is 11.6 Å². The summed E-state index contributed by atoms with van der Waals surface area (Å²) in [6, 6.07) is 13.9. The van der Waals surface area contributed by atoms with Crippen LogP contribution in [0.1, 0.15) is 57.2 Å². The van der Waals surface area contributed by atoms with Gasteiger partial charge in [-0.25, -0.2) is 0 Å². The second-order valence-electron chi connectivity index (χ2n) is 7.54. The predicted molar refractivity (Wildman–Crippen MR) is 113 cm³/mol. The summed E-state index contributed by atoms with van der Waals surface area (Å²) in [4.78, 5) is 22.9. The molecule has 5 nitrogen and oxygen atoms in total. The van der Waals surface area contributed by atoms with Crippen molar-refractivity contribution in [3.8, 4) is 0 Å². The molecule has 0 saturated carbocycles. The SMILES string of the molecule is CCCC(=O)O[C@]1(CC)CC(c2ccc(Cl)cc2)(c2ccccn2)CCN1OC. The smallest absolute Gasteiger partial charge is 0.307 e. The Bertz CT molecular complexity index is 815. The van der Waals surface area contributed by atoms with Gasteiger partial charge in [0.2, 0.25) is 0 Å². The van der Waals surface area contributed by atoms with Crippen molar-refractivity contribution in [3.05, 3.63) is 64.9 Å². The molecule has 0 bridgehead atoms. The van der Waals surface area contributed by atoms with Crippen molar-refractivity contribution in [1.82, 2.24) is 10.0 Å². The van der Waals surface area contributed by atoms with Crippen LogP contribution < -0.4 is 0 Å². The molecule has 6 heteroatoms. The highest BCUT2D eigenvalue weighted by Gasteiger charge is 2.53. The highest BCUT2D eigenvalue weighted by Crippen LogP contribution is 2.48. The summed E-state index contributed by atoms with van der Waals surface area (Å²) < 4.78 is 6.10. The van der Waals surface area contributed by atoms with Gasteiger partial charge in [0.15, 0.2) is 5.72 Å². The van der Waals surface area contributed by atoms with Gasteiger partial charge in [-0.15, -0.1) is 5.06 Å².